The summed E-state index contributed by atoms with van der Waals surface area (Å²) in [5.74, 6) is 0. The lowest BCUT2D eigenvalue weighted by atomic mass is 10.0. The van der Waals surface area contributed by atoms with Crippen LogP contribution in [0, 0.1) is 13.8 Å². The molecule has 2 aromatic carbocycles. The van der Waals surface area contributed by atoms with Gasteiger partial charge < -0.3 is 10.2 Å². The van der Waals surface area contributed by atoms with Gasteiger partial charge in [-0.1, -0.05) is 59.7 Å². The van der Waals surface area contributed by atoms with E-state index in [1.54, 1.807) is 0 Å². The SMILES string of the molecule is CN(C)CCNC=O.Cc1ccc(-c2cccc(C)c2)cc1. The lowest BCUT2D eigenvalue weighted by molar-refractivity contribution is -0.109. The van der Waals surface area contributed by atoms with Crippen LogP contribution in [0.25, 0.3) is 11.1 Å². The Morgan fingerprint density at radius 2 is 1.64 bits per heavy atom. The number of nitrogens with one attached hydrogen (secondary N) is 1. The Hall–Kier alpha value is -2.13. The molecule has 0 bridgehead atoms. The van der Waals surface area contributed by atoms with Crippen molar-refractivity contribution in [2.24, 2.45) is 0 Å². The van der Waals surface area contributed by atoms with Crippen molar-refractivity contribution in [3.05, 3.63) is 59.7 Å². The third-order valence-electron chi connectivity index (χ3n) is 3.19. The minimum absolute atomic E-state index is 0.712. The van der Waals surface area contributed by atoms with Gasteiger partial charge in [0.05, 0.1) is 0 Å². The molecule has 1 N–H and O–H groups in total. The van der Waals surface area contributed by atoms with E-state index >= 15 is 0 Å². The quantitative estimate of drug-likeness (QED) is 0.679. The monoisotopic (exact) mass is 298 g/mol. The molecule has 0 fully saturated rings. The highest BCUT2D eigenvalue weighted by molar-refractivity contribution is 5.64. The first-order valence-electron chi connectivity index (χ1n) is 7.48. The zero-order valence-electron chi connectivity index (χ0n) is 14.0. The molecule has 3 nitrogen and oxygen atoms in total. The van der Waals surface area contributed by atoms with E-state index in [9.17, 15) is 4.79 Å². The zero-order valence-corrected chi connectivity index (χ0v) is 14.0. The van der Waals surface area contributed by atoms with E-state index in [4.69, 9.17) is 0 Å². The Morgan fingerprint density at radius 1 is 0.955 bits per heavy atom. The summed E-state index contributed by atoms with van der Waals surface area (Å²) in [6.07, 6.45) is 0.712. The first-order chi connectivity index (χ1) is 10.5. The third kappa shape index (κ3) is 7.04. The average molecular weight is 298 g/mol. The van der Waals surface area contributed by atoms with E-state index in [2.05, 4.69) is 67.7 Å². The van der Waals surface area contributed by atoms with E-state index in [0.717, 1.165) is 13.1 Å². The topological polar surface area (TPSA) is 32.3 Å². The second-order valence-electron chi connectivity index (χ2n) is 5.61. The fourth-order valence-electron chi connectivity index (χ4n) is 1.92. The zero-order chi connectivity index (χ0) is 16.4. The van der Waals surface area contributed by atoms with Gasteiger partial charge in [-0.15, -0.1) is 0 Å². The van der Waals surface area contributed by atoms with Crippen LogP contribution in [0.4, 0.5) is 0 Å². The average Bonchev–Trinajstić information content (AvgIpc) is 2.48. The van der Waals surface area contributed by atoms with Crippen molar-refractivity contribution in [3.8, 4) is 11.1 Å². The smallest absolute Gasteiger partial charge is 0.207 e. The molecule has 0 atom stereocenters. The summed E-state index contributed by atoms with van der Waals surface area (Å²) in [5, 5.41) is 2.56. The molecule has 2 aromatic rings. The van der Waals surface area contributed by atoms with Crippen LogP contribution in [0.1, 0.15) is 11.1 Å². The maximum atomic E-state index is 9.66. The fourth-order valence-corrected chi connectivity index (χ4v) is 1.92. The number of likely N-dealkylation sites (N-methyl/N-ethyl adjacent to an activating group) is 1. The number of hydrogen-bond acceptors (Lipinski definition) is 2. The van der Waals surface area contributed by atoms with Crippen molar-refractivity contribution in [3.63, 3.8) is 0 Å². The van der Waals surface area contributed by atoms with Crippen molar-refractivity contribution in [2.75, 3.05) is 27.2 Å². The van der Waals surface area contributed by atoms with Crippen LogP contribution < -0.4 is 5.32 Å². The maximum absolute atomic E-state index is 9.66. The summed E-state index contributed by atoms with van der Waals surface area (Å²) in [7, 11) is 3.93. The van der Waals surface area contributed by atoms with Crippen LogP contribution in [0.3, 0.4) is 0 Å². The molecule has 0 aliphatic carbocycles. The van der Waals surface area contributed by atoms with Crippen LogP contribution in [0.15, 0.2) is 48.5 Å². The summed E-state index contributed by atoms with van der Waals surface area (Å²) < 4.78 is 0. The van der Waals surface area contributed by atoms with Gasteiger partial charge in [0.1, 0.15) is 0 Å². The minimum Gasteiger partial charge on any atom is -0.357 e. The van der Waals surface area contributed by atoms with Crippen molar-refractivity contribution >= 4 is 6.41 Å². The van der Waals surface area contributed by atoms with Gasteiger partial charge in [0.2, 0.25) is 6.41 Å². The lowest BCUT2D eigenvalue weighted by Gasteiger charge is -2.06. The first kappa shape index (κ1) is 17.9. The number of carbonyl (C=O) groups is 1. The molecule has 22 heavy (non-hydrogen) atoms. The molecule has 0 aliphatic rings. The van der Waals surface area contributed by atoms with Crippen LogP contribution in [0.5, 0.6) is 0 Å². The highest BCUT2D eigenvalue weighted by atomic mass is 16.1. The van der Waals surface area contributed by atoms with Crippen LogP contribution in [-0.2, 0) is 4.79 Å². The summed E-state index contributed by atoms with van der Waals surface area (Å²) >= 11 is 0. The van der Waals surface area contributed by atoms with Crippen LogP contribution >= 0.6 is 0 Å². The van der Waals surface area contributed by atoms with Gasteiger partial charge >= 0.3 is 0 Å². The predicted octanol–water partition coefficient (Wildman–Crippen LogP) is 3.26. The minimum atomic E-state index is 0.712. The summed E-state index contributed by atoms with van der Waals surface area (Å²) in [5.41, 5.74) is 5.20. The number of nitrogens with zero attached hydrogens (tertiary/aromatic N) is 1. The van der Waals surface area contributed by atoms with Gasteiger partial charge in [0.25, 0.3) is 0 Å². The largest absolute Gasteiger partial charge is 0.357 e. The molecular weight excluding hydrogens is 272 g/mol. The van der Waals surface area contributed by atoms with E-state index in [1.807, 2.05) is 19.0 Å². The Labute approximate surface area is 134 Å². The van der Waals surface area contributed by atoms with Crippen molar-refractivity contribution in [1.82, 2.24) is 10.2 Å². The molecule has 118 valence electrons. The number of carbonyl (C=O) groups excluding carboxylic acids is 1. The Kier molecular flexibility index (Phi) is 7.94. The number of aryl methyl sites for hydroxylation is 2. The molecule has 0 aliphatic heterocycles. The predicted molar refractivity (Wildman–Crippen MR) is 94.0 cm³/mol. The van der Waals surface area contributed by atoms with Gasteiger partial charge in [0, 0.05) is 13.1 Å². The third-order valence-corrected chi connectivity index (χ3v) is 3.19. The van der Waals surface area contributed by atoms with Gasteiger partial charge in [-0.3, -0.25) is 4.79 Å². The molecule has 3 heteroatoms. The standard InChI is InChI=1S/C14H14.C5H12N2O/c1-11-6-8-13(9-7-11)14-5-3-4-12(2)10-14;1-7(2)4-3-6-5-8/h3-10H,1-2H3;5H,3-4H2,1-2H3,(H,6,8). The van der Waals surface area contributed by atoms with Gasteiger partial charge in [0.15, 0.2) is 0 Å². The molecule has 0 saturated heterocycles. The van der Waals surface area contributed by atoms with Gasteiger partial charge in [-0.25, -0.2) is 0 Å². The number of benzene rings is 2. The number of rotatable bonds is 5. The van der Waals surface area contributed by atoms with E-state index in [-0.39, 0.29) is 0 Å². The second kappa shape index (κ2) is 9.74. The van der Waals surface area contributed by atoms with Crippen molar-refractivity contribution in [2.45, 2.75) is 13.8 Å². The molecule has 1 amide bonds. The Morgan fingerprint density at radius 3 is 2.18 bits per heavy atom. The highest BCUT2D eigenvalue weighted by Gasteiger charge is 1.96. The van der Waals surface area contributed by atoms with Crippen molar-refractivity contribution < 1.29 is 4.79 Å². The molecule has 0 saturated carbocycles. The van der Waals surface area contributed by atoms with E-state index in [0.29, 0.717) is 6.41 Å². The lowest BCUT2D eigenvalue weighted by Crippen LogP contribution is -2.25. The maximum Gasteiger partial charge on any atom is 0.207 e. The van der Waals surface area contributed by atoms with Crippen LogP contribution in [-0.4, -0.2) is 38.5 Å². The fraction of sp³-hybridized carbons (Fsp3) is 0.316. The summed E-state index contributed by atoms with van der Waals surface area (Å²) in [6, 6.07) is 17.2. The Balaban J connectivity index is 0.000000261. The Bertz CT molecular complexity index is 562. The normalized spacial score (nSPS) is 9.86. The molecule has 0 unspecified atom stereocenters. The van der Waals surface area contributed by atoms with Crippen LogP contribution in [0.2, 0.25) is 0 Å². The first-order valence-corrected chi connectivity index (χ1v) is 7.48. The molecule has 0 radical (unpaired) electrons. The van der Waals surface area contributed by atoms with E-state index < -0.39 is 0 Å². The molecule has 2 rings (SSSR count). The second-order valence-corrected chi connectivity index (χ2v) is 5.61. The van der Waals surface area contributed by atoms with E-state index in [1.165, 1.54) is 22.3 Å². The number of hydrogen-bond donors (Lipinski definition) is 1. The molecule has 0 aromatic heterocycles. The molecule has 0 spiro atoms. The molecular formula is C19H26N2O. The van der Waals surface area contributed by atoms with Crippen molar-refractivity contribution in [1.29, 1.82) is 0 Å². The number of amides is 1. The summed E-state index contributed by atoms with van der Waals surface area (Å²) in [4.78, 5) is 11.7. The van der Waals surface area contributed by atoms with Gasteiger partial charge in [-0.05, 0) is 39.1 Å². The highest BCUT2D eigenvalue weighted by Crippen LogP contribution is 2.20. The van der Waals surface area contributed by atoms with Gasteiger partial charge in [-0.2, -0.15) is 0 Å². The summed E-state index contributed by atoms with van der Waals surface area (Å²) in [6.45, 7) is 5.87. The molecule has 0 heterocycles.